The van der Waals surface area contributed by atoms with Crippen LogP contribution in [0.2, 0.25) is 0 Å². The summed E-state index contributed by atoms with van der Waals surface area (Å²) in [4.78, 5) is 37.0. The van der Waals surface area contributed by atoms with Crippen molar-refractivity contribution in [3.8, 4) is 0 Å². The normalized spacial score (nSPS) is 13.0. The highest BCUT2D eigenvalue weighted by atomic mass is 16.2. The average molecular weight is 390 g/mol. The fourth-order valence-electron chi connectivity index (χ4n) is 3.78. The molecule has 29 heavy (non-hydrogen) atoms. The number of hydrogen-bond donors (Lipinski definition) is 2. The van der Waals surface area contributed by atoms with Gasteiger partial charge in [-0.05, 0) is 48.4 Å². The molecule has 2 N–H and O–H groups in total. The molecule has 2 aromatic carbocycles. The molecule has 0 fully saturated rings. The number of nitrogens with one attached hydrogen (secondary N) is 2. The molecule has 7 nitrogen and oxygen atoms in total. The third-order valence-electron chi connectivity index (χ3n) is 5.26. The van der Waals surface area contributed by atoms with Crippen LogP contribution in [-0.2, 0) is 31.1 Å². The molecule has 0 bridgehead atoms. The van der Waals surface area contributed by atoms with E-state index < -0.39 is 5.91 Å². The summed E-state index contributed by atoms with van der Waals surface area (Å²) in [6.07, 6.45) is 4.71. The third kappa shape index (κ3) is 3.89. The molecule has 2 amide bonds. The van der Waals surface area contributed by atoms with Crippen LogP contribution in [0, 0.1) is 0 Å². The Morgan fingerprint density at radius 1 is 1.00 bits per heavy atom. The van der Waals surface area contributed by atoms with Gasteiger partial charge in [-0.1, -0.05) is 36.4 Å². The average Bonchev–Trinajstić information content (AvgIpc) is 2.74. The van der Waals surface area contributed by atoms with Gasteiger partial charge in [0.1, 0.15) is 0 Å². The van der Waals surface area contributed by atoms with Crippen LogP contribution in [0.1, 0.15) is 40.0 Å². The minimum atomic E-state index is -0.574. The lowest BCUT2D eigenvalue weighted by Gasteiger charge is -2.16. The number of fused-ring (bicyclic) bond motifs is 2. The zero-order valence-electron chi connectivity index (χ0n) is 16.2. The summed E-state index contributed by atoms with van der Waals surface area (Å²) in [5, 5.41) is 4.89. The molecule has 3 aromatic rings. The summed E-state index contributed by atoms with van der Waals surface area (Å²) >= 11 is 0. The number of aryl methyl sites for hydroxylation is 3. The van der Waals surface area contributed by atoms with Crippen LogP contribution in [0.15, 0.2) is 47.3 Å². The molecule has 4 rings (SSSR count). The van der Waals surface area contributed by atoms with E-state index in [1.807, 2.05) is 6.07 Å². The molecule has 1 heterocycles. The Kier molecular flexibility index (Phi) is 5.12. The van der Waals surface area contributed by atoms with Crippen molar-refractivity contribution < 1.29 is 9.59 Å². The van der Waals surface area contributed by atoms with E-state index in [1.54, 1.807) is 24.3 Å². The topological polar surface area (TPSA) is 93.1 Å². The highest BCUT2D eigenvalue weighted by Gasteiger charge is 2.16. The maximum Gasteiger partial charge on any atom is 0.290 e. The van der Waals surface area contributed by atoms with Gasteiger partial charge in [0.25, 0.3) is 11.5 Å². The molecular formula is C22H22N4O3. The molecule has 0 saturated heterocycles. The standard InChI is InChI=1S/C22H22N4O3/c1-26-22(29)18-9-5-4-8-17(18)20(25-26)21(28)24-23-19(27)13-14-10-11-15-6-2-3-7-16(15)12-14/h4-5,8-12H,2-3,6-7,13H2,1H3,(H,23,27)(H,24,28). The number of hydrogen-bond acceptors (Lipinski definition) is 4. The summed E-state index contributed by atoms with van der Waals surface area (Å²) in [6, 6.07) is 12.9. The maximum atomic E-state index is 12.6. The molecule has 0 atom stereocenters. The fourth-order valence-corrected chi connectivity index (χ4v) is 3.78. The van der Waals surface area contributed by atoms with Crippen molar-refractivity contribution in [2.24, 2.45) is 7.05 Å². The van der Waals surface area contributed by atoms with Crippen molar-refractivity contribution in [2.45, 2.75) is 32.1 Å². The van der Waals surface area contributed by atoms with Crippen molar-refractivity contribution in [1.82, 2.24) is 20.6 Å². The van der Waals surface area contributed by atoms with Crippen molar-refractivity contribution in [3.63, 3.8) is 0 Å². The van der Waals surface area contributed by atoms with Crippen LogP contribution in [0.4, 0.5) is 0 Å². The zero-order chi connectivity index (χ0) is 20.4. The summed E-state index contributed by atoms with van der Waals surface area (Å²) in [6.45, 7) is 0. The molecule has 0 aliphatic heterocycles. The van der Waals surface area contributed by atoms with Crippen molar-refractivity contribution >= 4 is 22.6 Å². The molecule has 7 heteroatoms. The van der Waals surface area contributed by atoms with E-state index in [0.29, 0.717) is 10.8 Å². The molecule has 0 saturated carbocycles. The molecule has 0 spiro atoms. The Morgan fingerprint density at radius 3 is 2.52 bits per heavy atom. The van der Waals surface area contributed by atoms with Crippen LogP contribution < -0.4 is 16.4 Å². The number of aromatic nitrogens is 2. The summed E-state index contributed by atoms with van der Waals surface area (Å²) in [5.41, 5.74) is 8.24. The van der Waals surface area contributed by atoms with Crippen molar-refractivity contribution in [2.75, 3.05) is 0 Å². The van der Waals surface area contributed by atoms with E-state index in [9.17, 15) is 14.4 Å². The Balaban J connectivity index is 1.45. The lowest BCUT2D eigenvalue weighted by molar-refractivity contribution is -0.121. The first-order valence-corrected chi connectivity index (χ1v) is 9.69. The number of hydrazine groups is 1. The lowest BCUT2D eigenvalue weighted by Crippen LogP contribution is -2.43. The van der Waals surface area contributed by atoms with Gasteiger partial charge >= 0.3 is 0 Å². The van der Waals surface area contributed by atoms with Crippen molar-refractivity contribution in [1.29, 1.82) is 0 Å². The monoisotopic (exact) mass is 390 g/mol. The Hall–Kier alpha value is -3.48. The van der Waals surface area contributed by atoms with E-state index in [0.717, 1.165) is 23.1 Å². The van der Waals surface area contributed by atoms with Gasteiger partial charge in [-0.3, -0.25) is 25.2 Å². The van der Waals surface area contributed by atoms with Gasteiger partial charge in [-0.25, -0.2) is 4.68 Å². The van der Waals surface area contributed by atoms with Gasteiger partial charge in [-0.2, -0.15) is 5.10 Å². The Labute approximate surface area is 167 Å². The molecule has 0 unspecified atom stereocenters. The minimum absolute atomic E-state index is 0.0804. The van der Waals surface area contributed by atoms with Gasteiger partial charge in [0.2, 0.25) is 5.91 Å². The summed E-state index contributed by atoms with van der Waals surface area (Å²) in [5.74, 6) is -0.890. The predicted molar refractivity (Wildman–Crippen MR) is 109 cm³/mol. The molecule has 148 valence electrons. The number of nitrogens with zero attached hydrogens (tertiary/aromatic N) is 2. The number of amides is 2. The first-order valence-electron chi connectivity index (χ1n) is 9.69. The van der Waals surface area contributed by atoms with Gasteiger partial charge in [0.05, 0.1) is 11.8 Å². The SMILES string of the molecule is Cn1nc(C(=O)NNC(=O)Cc2ccc3c(c2)CCCC3)c2ccccc2c1=O. The predicted octanol–water partition coefficient (Wildman–Crippen LogP) is 1.82. The largest absolute Gasteiger partial charge is 0.290 e. The number of carbonyl (C=O) groups is 2. The first-order chi connectivity index (χ1) is 14.0. The summed E-state index contributed by atoms with van der Waals surface area (Å²) < 4.78 is 1.12. The zero-order valence-corrected chi connectivity index (χ0v) is 16.2. The molecule has 0 radical (unpaired) electrons. The Bertz CT molecular complexity index is 1170. The van der Waals surface area contributed by atoms with Gasteiger partial charge in [0, 0.05) is 12.4 Å². The minimum Gasteiger partial charge on any atom is -0.273 e. The number of benzene rings is 2. The maximum absolute atomic E-state index is 12.6. The van der Waals surface area contributed by atoms with E-state index in [4.69, 9.17) is 0 Å². The quantitative estimate of drug-likeness (QED) is 0.667. The smallest absolute Gasteiger partial charge is 0.273 e. The van der Waals surface area contributed by atoms with Crippen LogP contribution >= 0.6 is 0 Å². The highest BCUT2D eigenvalue weighted by Crippen LogP contribution is 2.22. The lowest BCUT2D eigenvalue weighted by atomic mass is 9.90. The molecule has 1 aliphatic carbocycles. The van der Waals surface area contributed by atoms with Crippen LogP contribution in [0.25, 0.3) is 10.8 Å². The number of carbonyl (C=O) groups excluding carboxylic acids is 2. The molecule has 1 aliphatic rings. The number of rotatable bonds is 3. The van der Waals surface area contributed by atoms with E-state index >= 15 is 0 Å². The van der Waals surface area contributed by atoms with Crippen molar-refractivity contribution in [3.05, 3.63) is 75.2 Å². The second-order valence-electron chi connectivity index (χ2n) is 7.31. The van der Waals surface area contributed by atoms with Crippen LogP contribution in [0.3, 0.4) is 0 Å². The Morgan fingerprint density at radius 2 is 1.72 bits per heavy atom. The highest BCUT2D eigenvalue weighted by molar-refractivity contribution is 6.05. The van der Waals surface area contributed by atoms with E-state index in [-0.39, 0.29) is 23.6 Å². The van der Waals surface area contributed by atoms with Crippen LogP contribution in [0.5, 0.6) is 0 Å². The van der Waals surface area contributed by atoms with Gasteiger partial charge in [0.15, 0.2) is 5.69 Å². The van der Waals surface area contributed by atoms with Crippen LogP contribution in [-0.4, -0.2) is 21.6 Å². The van der Waals surface area contributed by atoms with E-state index in [2.05, 4.69) is 28.1 Å². The fraction of sp³-hybridized carbons (Fsp3) is 0.273. The molecular weight excluding hydrogens is 368 g/mol. The summed E-state index contributed by atoms with van der Waals surface area (Å²) in [7, 11) is 1.49. The third-order valence-corrected chi connectivity index (χ3v) is 5.26. The van der Waals surface area contributed by atoms with Gasteiger partial charge in [-0.15, -0.1) is 0 Å². The first kappa shape index (κ1) is 18.9. The molecule has 1 aromatic heterocycles. The van der Waals surface area contributed by atoms with E-state index in [1.165, 1.54) is 31.0 Å². The second-order valence-corrected chi connectivity index (χ2v) is 7.31. The second kappa shape index (κ2) is 7.87. The van der Waals surface area contributed by atoms with Gasteiger partial charge < -0.3 is 0 Å².